The lowest BCUT2D eigenvalue weighted by molar-refractivity contribution is 0.408. The summed E-state index contributed by atoms with van der Waals surface area (Å²) in [7, 11) is 1.70. The van der Waals surface area contributed by atoms with Crippen molar-refractivity contribution in [2.24, 2.45) is 5.73 Å². The molecule has 2 N–H and O–H groups in total. The number of nitrogens with two attached hydrogens (primary N) is 1. The third-order valence-electron chi connectivity index (χ3n) is 3.80. The summed E-state index contributed by atoms with van der Waals surface area (Å²) in [6, 6.07) is 10.3. The number of hydrogen-bond donors (Lipinski definition) is 1. The zero-order valence-electron chi connectivity index (χ0n) is 11.2. The van der Waals surface area contributed by atoms with Crippen LogP contribution in [0.4, 0.5) is 0 Å². The van der Waals surface area contributed by atoms with Crippen LogP contribution in [0.5, 0.6) is 5.75 Å². The summed E-state index contributed by atoms with van der Waals surface area (Å²) in [5.41, 5.74) is 9.02. The van der Waals surface area contributed by atoms with Gasteiger partial charge in [-0.15, -0.1) is 11.3 Å². The maximum atomic E-state index is 6.44. The summed E-state index contributed by atoms with van der Waals surface area (Å²) in [6.07, 6.45) is 5.06. The molecule has 1 heterocycles. The van der Waals surface area contributed by atoms with E-state index in [2.05, 4.69) is 12.1 Å². The first kappa shape index (κ1) is 12.7. The van der Waals surface area contributed by atoms with Gasteiger partial charge in [-0.3, -0.25) is 0 Å². The van der Waals surface area contributed by atoms with E-state index < -0.39 is 0 Å². The van der Waals surface area contributed by atoms with Crippen molar-refractivity contribution in [2.45, 2.75) is 31.7 Å². The zero-order chi connectivity index (χ0) is 13.2. The number of rotatable bonds is 3. The number of fused-ring (bicyclic) bond motifs is 1. The largest absolute Gasteiger partial charge is 0.496 e. The van der Waals surface area contributed by atoms with E-state index in [1.807, 2.05) is 29.5 Å². The first-order valence-electron chi connectivity index (χ1n) is 6.79. The van der Waals surface area contributed by atoms with Crippen LogP contribution in [0.25, 0.3) is 0 Å². The van der Waals surface area contributed by atoms with Crippen molar-refractivity contribution >= 4 is 11.3 Å². The van der Waals surface area contributed by atoms with Crippen LogP contribution in [0, 0.1) is 0 Å². The Hall–Kier alpha value is -1.32. The van der Waals surface area contributed by atoms with Crippen molar-refractivity contribution in [1.82, 2.24) is 0 Å². The Bertz CT molecular complexity index is 552. The van der Waals surface area contributed by atoms with E-state index in [0.717, 1.165) is 11.3 Å². The second-order valence-electron chi connectivity index (χ2n) is 5.02. The van der Waals surface area contributed by atoms with Gasteiger partial charge in [0.1, 0.15) is 5.75 Å². The van der Waals surface area contributed by atoms with Gasteiger partial charge < -0.3 is 10.5 Å². The van der Waals surface area contributed by atoms with Crippen LogP contribution in [0.1, 0.15) is 39.8 Å². The molecule has 1 aliphatic carbocycles. The van der Waals surface area contributed by atoms with E-state index in [1.165, 1.54) is 41.0 Å². The third kappa shape index (κ3) is 2.40. The van der Waals surface area contributed by atoms with E-state index in [-0.39, 0.29) is 6.04 Å². The Kier molecular flexibility index (Phi) is 3.58. The number of hydrogen-bond acceptors (Lipinski definition) is 3. The Morgan fingerprint density at radius 2 is 2.00 bits per heavy atom. The Morgan fingerprint density at radius 3 is 2.79 bits per heavy atom. The van der Waals surface area contributed by atoms with E-state index in [4.69, 9.17) is 10.5 Å². The Labute approximate surface area is 118 Å². The quantitative estimate of drug-likeness (QED) is 0.925. The summed E-state index contributed by atoms with van der Waals surface area (Å²) in [5.74, 6) is 0.876. The number of aryl methyl sites for hydroxylation is 2. The second-order valence-corrected chi connectivity index (χ2v) is 6.19. The van der Waals surface area contributed by atoms with Crippen molar-refractivity contribution in [1.29, 1.82) is 0 Å². The molecule has 0 spiro atoms. The molecular formula is C16H19NOS. The fourth-order valence-electron chi connectivity index (χ4n) is 2.74. The predicted molar refractivity (Wildman–Crippen MR) is 80.0 cm³/mol. The van der Waals surface area contributed by atoms with E-state index >= 15 is 0 Å². The molecular weight excluding hydrogens is 254 g/mol. The maximum absolute atomic E-state index is 6.44. The summed E-state index contributed by atoms with van der Waals surface area (Å²) < 4.78 is 5.41. The molecule has 0 amide bonds. The molecule has 0 bridgehead atoms. The molecule has 1 aromatic carbocycles. The molecule has 2 nitrogen and oxygen atoms in total. The zero-order valence-corrected chi connectivity index (χ0v) is 12.0. The molecule has 0 fully saturated rings. The lowest BCUT2D eigenvalue weighted by Crippen LogP contribution is -2.11. The average Bonchev–Trinajstić information content (AvgIpc) is 2.90. The van der Waals surface area contributed by atoms with Crippen molar-refractivity contribution < 1.29 is 4.74 Å². The number of para-hydroxylation sites is 1. The molecule has 0 saturated carbocycles. The van der Waals surface area contributed by atoms with Gasteiger partial charge in [0.25, 0.3) is 0 Å². The lowest BCUT2D eigenvalue weighted by atomic mass is 9.98. The van der Waals surface area contributed by atoms with Gasteiger partial charge in [0.15, 0.2) is 0 Å². The fraction of sp³-hybridized carbons (Fsp3) is 0.375. The van der Waals surface area contributed by atoms with Crippen LogP contribution in [-0.4, -0.2) is 7.11 Å². The van der Waals surface area contributed by atoms with Crippen molar-refractivity contribution in [3.05, 3.63) is 51.2 Å². The highest BCUT2D eigenvalue weighted by Gasteiger charge is 2.19. The molecule has 0 aliphatic heterocycles. The van der Waals surface area contributed by atoms with E-state index in [1.54, 1.807) is 7.11 Å². The Morgan fingerprint density at radius 1 is 1.21 bits per heavy atom. The summed E-state index contributed by atoms with van der Waals surface area (Å²) in [6.45, 7) is 0. The molecule has 0 saturated heterocycles. The van der Waals surface area contributed by atoms with Crippen LogP contribution in [0.2, 0.25) is 0 Å². The molecule has 19 heavy (non-hydrogen) atoms. The van der Waals surface area contributed by atoms with Crippen LogP contribution in [0.15, 0.2) is 30.3 Å². The van der Waals surface area contributed by atoms with Crippen molar-refractivity contribution in [3.8, 4) is 5.75 Å². The van der Waals surface area contributed by atoms with Gasteiger partial charge in [0.2, 0.25) is 0 Å². The first-order valence-corrected chi connectivity index (χ1v) is 7.61. The van der Waals surface area contributed by atoms with Gasteiger partial charge in [0.05, 0.1) is 13.2 Å². The molecule has 1 aromatic heterocycles. The monoisotopic (exact) mass is 273 g/mol. The molecule has 0 radical (unpaired) electrons. The van der Waals surface area contributed by atoms with Gasteiger partial charge >= 0.3 is 0 Å². The van der Waals surface area contributed by atoms with Crippen LogP contribution >= 0.6 is 11.3 Å². The number of benzene rings is 1. The number of methoxy groups -OCH3 is 1. The number of thiophene rings is 1. The van der Waals surface area contributed by atoms with Gasteiger partial charge in [-0.25, -0.2) is 0 Å². The van der Waals surface area contributed by atoms with E-state index in [0.29, 0.717) is 0 Å². The minimum atomic E-state index is -0.0771. The fourth-order valence-corrected chi connectivity index (χ4v) is 4.02. The lowest BCUT2D eigenvalue weighted by Gasteiger charge is -2.14. The SMILES string of the molecule is COc1ccccc1C(N)c1cc2c(s1)CCCC2. The second kappa shape index (κ2) is 5.35. The van der Waals surface area contributed by atoms with E-state index in [9.17, 15) is 0 Å². The highest BCUT2D eigenvalue weighted by molar-refractivity contribution is 7.12. The van der Waals surface area contributed by atoms with Crippen molar-refractivity contribution in [3.63, 3.8) is 0 Å². The van der Waals surface area contributed by atoms with Gasteiger partial charge in [-0.1, -0.05) is 18.2 Å². The minimum Gasteiger partial charge on any atom is -0.496 e. The maximum Gasteiger partial charge on any atom is 0.124 e. The van der Waals surface area contributed by atoms with Gasteiger partial charge in [0, 0.05) is 15.3 Å². The summed E-state index contributed by atoms with van der Waals surface area (Å²) in [4.78, 5) is 2.79. The first-order chi connectivity index (χ1) is 9.29. The molecule has 1 unspecified atom stereocenters. The molecule has 1 atom stereocenters. The minimum absolute atomic E-state index is 0.0771. The highest BCUT2D eigenvalue weighted by atomic mass is 32.1. The van der Waals surface area contributed by atoms with Crippen LogP contribution < -0.4 is 10.5 Å². The van der Waals surface area contributed by atoms with Gasteiger partial charge in [-0.05, 0) is 43.4 Å². The topological polar surface area (TPSA) is 35.2 Å². The molecule has 1 aliphatic rings. The van der Waals surface area contributed by atoms with Gasteiger partial charge in [-0.2, -0.15) is 0 Å². The van der Waals surface area contributed by atoms with Crippen LogP contribution in [-0.2, 0) is 12.8 Å². The molecule has 100 valence electrons. The number of ether oxygens (including phenoxy) is 1. The summed E-state index contributed by atoms with van der Waals surface area (Å²) >= 11 is 1.88. The summed E-state index contributed by atoms with van der Waals surface area (Å²) in [5, 5.41) is 0. The highest BCUT2D eigenvalue weighted by Crippen LogP contribution is 2.36. The molecule has 3 heteroatoms. The molecule has 3 rings (SSSR count). The normalized spacial score (nSPS) is 15.9. The molecule has 2 aromatic rings. The smallest absolute Gasteiger partial charge is 0.124 e. The predicted octanol–water partition coefficient (Wildman–Crippen LogP) is 3.68. The standard InChI is InChI=1S/C16H19NOS/c1-18-13-8-4-3-7-12(13)16(17)15-10-11-6-2-5-9-14(11)19-15/h3-4,7-8,10,16H,2,5-6,9,17H2,1H3. The van der Waals surface area contributed by atoms with Crippen LogP contribution in [0.3, 0.4) is 0 Å². The Balaban J connectivity index is 1.95. The average molecular weight is 273 g/mol. The van der Waals surface area contributed by atoms with Crippen molar-refractivity contribution in [2.75, 3.05) is 7.11 Å². The third-order valence-corrected chi connectivity index (χ3v) is 5.12.